The largest absolute Gasteiger partial charge is 0.418 e. The van der Waals surface area contributed by atoms with Gasteiger partial charge >= 0.3 is 6.18 Å². The van der Waals surface area contributed by atoms with Gasteiger partial charge in [0.25, 0.3) is 0 Å². The second kappa shape index (κ2) is 8.91. The third-order valence-corrected chi connectivity index (χ3v) is 6.02. The number of nitrogens with one attached hydrogen (secondary N) is 1. The average molecular weight is 473 g/mol. The molecule has 2 heterocycles. The van der Waals surface area contributed by atoms with Crippen LogP contribution in [0.5, 0.6) is 0 Å². The number of hydrogen-bond acceptors (Lipinski definition) is 3. The predicted molar refractivity (Wildman–Crippen MR) is 134 cm³/mol. The van der Waals surface area contributed by atoms with Crippen molar-refractivity contribution in [2.75, 3.05) is 5.32 Å². The summed E-state index contributed by atoms with van der Waals surface area (Å²) in [4.78, 5) is 9.13. The highest BCUT2D eigenvalue weighted by atomic mass is 19.4. The molecule has 0 saturated carbocycles. The van der Waals surface area contributed by atoms with Crippen molar-refractivity contribution in [1.29, 1.82) is 0 Å². The molecule has 0 aliphatic carbocycles. The van der Waals surface area contributed by atoms with E-state index in [1.54, 1.807) is 31.3 Å². The van der Waals surface area contributed by atoms with Gasteiger partial charge in [-0.1, -0.05) is 36.4 Å². The second-order valence-electron chi connectivity index (χ2n) is 8.27. The lowest BCUT2D eigenvalue weighted by Gasteiger charge is -2.18. The van der Waals surface area contributed by atoms with Crippen molar-refractivity contribution in [2.45, 2.75) is 26.6 Å². The van der Waals surface area contributed by atoms with Gasteiger partial charge in [0.15, 0.2) is 0 Å². The van der Waals surface area contributed by atoms with Crippen molar-refractivity contribution in [1.82, 2.24) is 14.5 Å². The molecule has 2 aromatic heterocycles. The zero-order chi connectivity index (χ0) is 24.6. The fraction of sp³-hybridized carbons (Fsp3) is 0.143. The number of nitrogens with zero attached hydrogens (tertiary/aromatic N) is 3. The quantitative estimate of drug-likeness (QED) is 0.283. The summed E-state index contributed by atoms with van der Waals surface area (Å²) < 4.78 is 43.0. The number of anilines is 2. The van der Waals surface area contributed by atoms with Gasteiger partial charge in [-0.05, 0) is 55.8 Å². The Balaban J connectivity index is 1.64. The lowest BCUT2D eigenvalue weighted by molar-refractivity contribution is -0.136. The Labute approximate surface area is 201 Å². The molecule has 176 valence electrons. The van der Waals surface area contributed by atoms with Crippen LogP contribution >= 0.6 is 0 Å². The summed E-state index contributed by atoms with van der Waals surface area (Å²) >= 11 is 0. The predicted octanol–water partition coefficient (Wildman–Crippen LogP) is 7.86. The standard InChI is InChI=1S/C28H23F3N4/c1-3-35-15-14-20-16-19(12-13-26(20)35)22-17-32-18(2)33-27(22)21-8-4-6-10-24(21)34-25-11-7-5-9-23(25)28(29,30)31/h4-17,34H,3H2,1-2H3. The fourth-order valence-electron chi connectivity index (χ4n) is 4.31. The normalized spacial score (nSPS) is 11.7. The van der Waals surface area contributed by atoms with E-state index in [9.17, 15) is 13.2 Å². The van der Waals surface area contributed by atoms with Crippen molar-refractivity contribution in [3.8, 4) is 22.4 Å². The molecule has 0 amide bonds. The van der Waals surface area contributed by atoms with Gasteiger partial charge in [0.1, 0.15) is 5.82 Å². The topological polar surface area (TPSA) is 42.7 Å². The first-order chi connectivity index (χ1) is 16.8. The maximum atomic E-state index is 13.6. The van der Waals surface area contributed by atoms with Gasteiger partial charge in [0, 0.05) is 46.7 Å². The Morgan fingerprint density at radius 2 is 1.63 bits per heavy atom. The molecule has 35 heavy (non-hydrogen) atoms. The molecule has 7 heteroatoms. The first-order valence-corrected chi connectivity index (χ1v) is 11.3. The number of benzene rings is 3. The third kappa shape index (κ3) is 4.37. The summed E-state index contributed by atoms with van der Waals surface area (Å²) in [6, 6.07) is 21.0. The van der Waals surface area contributed by atoms with Gasteiger partial charge in [-0.3, -0.25) is 0 Å². The highest BCUT2D eigenvalue weighted by Gasteiger charge is 2.33. The first kappa shape index (κ1) is 22.7. The highest BCUT2D eigenvalue weighted by molar-refractivity contribution is 5.92. The van der Waals surface area contributed by atoms with E-state index in [1.165, 1.54) is 12.1 Å². The van der Waals surface area contributed by atoms with Crippen LogP contribution in [0.15, 0.2) is 85.2 Å². The van der Waals surface area contributed by atoms with Crippen LogP contribution < -0.4 is 5.32 Å². The van der Waals surface area contributed by atoms with Gasteiger partial charge in [-0.25, -0.2) is 9.97 Å². The first-order valence-electron chi connectivity index (χ1n) is 11.3. The average Bonchev–Trinajstić information content (AvgIpc) is 3.26. The number of fused-ring (bicyclic) bond motifs is 1. The van der Waals surface area contributed by atoms with Crippen molar-refractivity contribution in [2.24, 2.45) is 0 Å². The van der Waals surface area contributed by atoms with E-state index in [-0.39, 0.29) is 5.69 Å². The fourth-order valence-corrected chi connectivity index (χ4v) is 4.31. The van der Waals surface area contributed by atoms with E-state index in [1.807, 2.05) is 18.2 Å². The number of para-hydroxylation sites is 2. The molecule has 5 rings (SSSR count). The minimum absolute atomic E-state index is 0.0119. The minimum atomic E-state index is -4.47. The van der Waals surface area contributed by atoms with Crippen LogP contribution in [0.3, 0.4) is 0 Å². The SMILES string of the molecule is CCn1ccc2cc(-c3cnc(C)nc3-c3ccccc3Nc3ccccc3C(F)(F)F)ccc21. The summed E-state index contributed by atoms with van der Waals surface area (Å²) in [5, 5.41) is 4.10. The van der Waals surface area contributed by atoms with Gasteiger partial charge in [0.2, 0.25) is 0 Å². The van der Waals surface area contributed by atoms with Crippen LogP contribution in [0.25, 0.3) is 33.3 Å². The van der Waals surface area contributed by atoms with E-state index in [0.717, 1.165) is 34.6 Å². The number of rotatable bonds is 5. The molecule has 1 N–H and O–H groups in total. The molecule has 0 unspecified atom stereocenters. The van der Waals surface area contributed by atoms with Crippen LogP contribution in [0, 0.1) is 6.92 Å². The van der Waals surface area contributed by atoms with Crippen LogP contribution in [0.2, 0.25) is 0 Å². The Morgan fingerprint density at radius 1 is 0.886 bits per heavy atom. The smallest absolute Gasteiger partial charge is 0.354 e. The molecule has 0 spiro atoms. The molecule has 0 atom stereocenters. The highest BCUT2D eigenvalue weighted by Crippen LogP contribution is 2.40. The van der Waals surface area contributed by atoms with Crippen molar-refractivity contribution in [3.63, 3.8) is 0 Å². The zero-order valence-electron chi connectivity index (χ0n) is 19.3. The molecule has 3 aromatic carbocycles. The van der Waals surface area contributed by atoms with Gasteiger partial charge in [-0.15, -0.1) is 0 Å². The van der Waals surface area contributed by atoms with E-state index in [0.29, 0.717) is 22.8 Å². The second-order valence-corrected chi connectivity index (χ2v) is 8.27. The summed E-state index contributed by atoms with van der Waals surface area (Å²) in [5.74, 6) is 0.576. The maximum absolute atomic E-state index is 13.6. The Bertz CT molecular complexity index is 1520. The molecule has 0 bridgehead atoms. The Kier molecular flexibility index (Phi) is 5.76. The van der Waals surface area contributed by atoms with Crippen LogP contribution in [0.1, 0.15) is 18.3 Å². The van der Waals surface area contributed by atoms with E-state index < -0.39 is 11.7 Å². The zero-order valence-corrected chi connectivity index (χ0v) is 19.3. The third-order valence-electron chi connectivity index (χ3n) is 6.02. The van der Waals surface area contributed by atoms with E-state index in [2.05, 4.69) is 46.2 Å². The number of hydrogen-bond donors (Lipinski definition) is 1. The van der Waals surface area contributed by atoms with Crippen molar-refractivity contribution >= 4 is 22.3 Å². The van der Waals surface area contributed by atoms with Gasteiger partial charge < -0.3 is 9.88 Å². The molecule has 0 aliphatic heterocycles. The molecule has 0 radical (unpaired) electrons. The number of halogens is 3. The van der Waals surface area contributed by atoms with Crippen molar-refractivity contribution < 1.29 is 13.2 Å². The number of aryl methyl sites for hydroxylation is 2. The number of alkyl halides is 3. The lowest BCUT2D eigenvalue weighted by Crippen LogP contribution is -2.09. The van der Waals surface area contributed by atoms with E-state index in [4.69, 9.17) is 4.98 Å². The molecule has 0 aliphatic rings. The summed E-state index contributed by atoms with van der Waals surface area (Å²) in [6.07, 6.45) is -0.645. The summed E-state index contributed by atoms with van der Waals surface area (Å²) in [5.41, 5.74) is 4.02. The minimum Gasteiger partial charge on any atom is -0.354 e. The molecule has 0 fully saturated rings. The van der Waals surface area contributed by atoms with Gasteiger partial charge in [-0.2, -0.15) is 13.2 Å². The van der Waals surface area contributed by atoms with E-state index >= 15 is 0 Å². The summed E-state index contributed by atoms with van der Waals surface area (Å²) in [6.45, 7) is 4.77. The van der Waals surface area contributed by atoms with Crippen LogP contribution in [0.4, 0.5) is 24.5 Å². The molecule has 4 nitrogen and oxygen atoms in total. The lowest BCUT2D eigenvalue weighted by atomic mass is 9.98. The van der Waals surface area contributed by atoms with Crippen LogP contribution in [-0.4, -0.2) is 14.5 Å². The molecule has 5 aromatic rings. The van der Waals surface area contributed by atoms with Gasteiger partial charge in [0.05, 0.1) is 16.9 Å². The number of aromatic nitrogens is 3. The maximum Gasteiger partial charge on any atom is 0.418 e. The molecule has 0 saturated heterocycles. The molecular formula is C28H23F3N4. The Morgan fingerprint density at radius 3 is 2.40 bits per heavy atom. The monoisotopic (exact) mass is 472 g/mol. The molecular weight excluding hydrogens is 449 g/mol. The van der Waals surface area contributed by atoms with Crippen molar-refractivity contribution in [3.05, 3.63) is 96.6 Å². The Hall–Kier alpha value is -4.13. The summed E-state index contributed by atoms with van der Waals surface area (Å²) in [7, 11) is 0. The van der Waals surface area contributed by atoms with Crippen LogP contribution in [-0.2, 0) is 12.7 Å².